The van der Waals surface area contributed by atoms with Gasteiger partial charge >= 0.3 is 11.9 Å². The van der Waals surface area contributed by atoms with E-state index in [1.165, 1.54) is 12.1 Å². The molecule has 1 aliphatic rings. The van der Waals surface area contributed by atoms with Crippen molar-refractivity contribution in [3.05, 3.63) is 41.0 Å². The Morgan fingerprint density at radius 1 is 1.17 bits per heavy atom. The molecule has 1 aromatic heterocycles. The van der Waals surface area contributed by atoms with Crippen LogP contribution in [-0.4, -0.2) is 29.6 Å². The fourth-order valence-electron chi connectivity index (χ4n) is 3.71. The molecule has 8 heteroatoms. The third-order valence-corrected chi connectivity index (χ3v) is 6.14. The first kappa shape index (κ1) is 22.0. The molecule has 1 aromatic carbocycles. The van der Waals surface area contributed by atoms with E-state index in [1.807, 2.05) is 6.92 Å². The van der Waals surface area contributed by atoms with Crippen molar-refractivity contribution < 1.29 is 28.6 Å². The van der Waals surface area contributed by atoms with Gasteiger partial charge in [0.15, 0.2) is 0 Å². The number of benzene rings is 1. The zero-order valence-electron chi connectivity index (χ0n) is 16.7. The minimum absolute atomic E-state index is 0.205. The highest BCUT2D eigenvalue weighted by Crippen LogP contribution is 2.38. The monoisotopic (exact) mass is 433 g/mol. The molecular formula is C22H24FNO5S. The second-order valence-electron chi connectivity index (χ2n) is 7.32. The third kappa shape index (κ3) is 4.87. The van der Waals surface area contributed by atoms with Crippen LogP contribution in [0.15, 0.2) is 29.6 Å². The van der Waals surface area contributed by atoms with E-state index in [1.54, 1.807) is 17.5 Å². The normalized spacial score (nSPS) is 18.6. The standard InChI is InChI=1S/C22H24FNO5S/c1-2-11-29-22(28)18-17(13-7-9-14(23)10-8-13)12-30-20(18)24-19(25)15-5-3-4-6-16(15)21(26)27/h7-10,12,15-16H,2-6,11H2,1H3,(H,24,25)(H,26,27). The molecule has 160 valence electrons. The lowest BCUT2D eigenvalue weighted by molar-refractivity contribution is -0.147. The number of carbonyl (C=O) groups is 3. The van der Waals surface area contributed by atoms with Gasteiger partial charge in [0.25, 0.3) is 0 Å². The predicted octanol–water partition coefficient (Wildman–Crippen LogP) is 4.95. The van der Waals surface area contributed by atoms with Crippen LogP contribution in [0.5, 0.6) is 0 Å². The van der Waals surface area contributed by atoms with Gasteiger partial charge in [-0.15, -0.1) is 11.3 Å². The molecule has 0 spiro atoms. The SMILES string of the molecule is CCCOC(=O)c1c(-c2ccc(F)cc2)csc1NC(=O)C1CCCCC1C(=O)O. The largest absolute Gasteiger partial charge is 0.481 e. The number of amides is 1. The molecule has 0 aliphatic heterocycles. The van der Waals surface area contributed by atoms with Gasteiger partial charge in [-0.3, -0.25) is 9.59 Å². The summed E-state index contributed by atoms with van der Waals surface area (Å²) in [5.74, 6) is -3.73. The number of thiophene rings is 1. The third-order valence-electron chi connectivity index (χ3n) is 5.24. The van der Waals surface area contributed by atoms with Crippen LogP contribution in [-0.2, 0) is 14.3 Å². The summed E-state index contributed by atoms with van der Waals surface area (Å²) in [6.07, 6.45) is 3.17. The molecule has 1 saturated carbocycles. The number of carbonyl (C=O) groups excluding carboxylic acids is 2. The van der Waals surface area contributed by atoms with Crippen LogP contribution in [0.3, 0.4) is 0 Å². The van der Waals surface area contributed by atoms with E-state index in [4.69, 9.17) is 4.74 Å². The van der Waals surface area contributed by atoms with Crippen molar-refractivity contribution in [2.24, 2.45) is 11.8 Å². The molecule has 2 atom stereocenters. The first-order valence-corrected chi connectivity index (χ1v) is 10.9. The number of aliphatic carboxylic acids is 1. The van der Waals surface area contributed by atoms with Crippen molar-refractivity contribution in [2.75, 3.05) is 11.9 Å². The van der Waals surface area contributed by atoms with E-state index in [2.05, 4.69) is 5.32 Å². The van der Waals surface area contributed by atoms with E-state index < -0.39 is 35.5 Å². The predicted molar refractivity (Wildman–Crippen MR) is 112 cm³/mol. The van der Waals surface area contributed by atoms with Crippen LogP contribution >= 0.6 is 11.3 Å². The zero-order chi connectivity index (χ0) is 21.7. The fraction of sp³-hybridized carbons (Fsp3) is 0.409. The molecule has 2 aromatic rings. The first-order valence-electron chi connectivity index (χ1n) is 10.0. The van der Waals surface area contributed by atoms with E-state index in [0.717, 1.165) is 24.2 Å². The highest BCUT2D eigenvalue weighted by molar-refractivity contribution is 7.15. The minimum Gasteiger partial charge on any atom is -0.481 e. The Balaban J connectivity index is 1.91. The summed E-state index contributed by atoms with van der Waals surface area (Å²) in [4.78, 5) is 37.2. The molecular weight excluding hydrogens is 409 g/mol. The Morgan fingerprint density at radius 3 is 2.47 bits per heavy atom. The molecule has 1 amide bonds. The van der Waals surface area contributed by atoms with Crippen LogP contribution < -0.4 is 5.32 Å². The second kappa shape index (κ2) is 9.84. The van der Waals surface area contributed by atoms with Gasteiger partial charge in [0.2, 0.25) is 5.91 Å². The van der Waals surface area contributed by atoms with Crippen LogP contribution in [0, 0.1) is 17.7 Å². The molecule has 30 heavy (non-hydrogen) atoms. The summed E-state index contributed by atoms with van der Waals surface area (Å²) < 4.78 is 18.6. The van der Waals surface area contributed by atoms with Crippen molar-refractivity contribution in [1.82, 2.24) is 0 Å². The summed E-state index contributed by atoms with van der Waals surface area (Å²) in [7, 11) is 0. The Kier molecular flexibility index (Phi) is 7.20. The molecule has 6 nitrogen and oxygen atoms in total. The zero-order valence-corrected chi connectivity index (χ0v) is 17.5. The van der Waals surface area contributed by atoms with Crippen LogP contribution in [0.25, 0.3) is 11.1 Å². The summed E-state index contributed by atoms with van der Waals surface area (Å²) in [5, 5.41) is 14.2. The van der Waals surface area contributed by atoms with Gasteiger partial charge in [-0.05, 0) is 37.0 Å². The van der Waals surface area contributed by atoms with Gasteiger partial charge in [-0.1, -0.05) is 31.9 Å². The van der Waals surface area contributed by atoms with E-state index >= 15 is 0 Å². The maximum absolute atomic E-state index is 13.3. The minimum atomic E-state index is -0.976. The van der Waals surface area contributed by atoms with Crippen molar-refractivity contribution >= 4 is 34.2 Å². The Labute approximate surface area is 178 Å². The average molecular weight is 434 g/mol. The smallest absolute Gasteiger partial charge is 0.341 e. The number of hydrogen-bond donors (Lipinski definition) is 2. The molecule has 1 aliphatic carbocycles. The van der Waals surface area contributed by atoms with E-state index in [0.29, 0.717) is 35.4 Å². The fourth-order valence-corrected chi connectivity index (χ4v) is 4.67. The molecule has 2 N–H and O–H groups in total. The summed E-state index contributed by atoms with van der Waals surface area (Å²) in [6.45, 7) is 2.11. The van der Waals surface area contributed by atoms with Crippen molar-refractivity contribution in [2.45, 2.75) is 39.0 Å². The first-order chi connectivity index (χ1) is 14.4. The van der Waals surface area contributed by atoms with Crippen LogP contribution in [0.1, 0.15) is 49.4 Å². The topological polar surface area (TPSA) is 92.7 Å². The van der Waals surface area contributed by atoms with Crippen LogP contribution in [0.2, 0.25) is 0 Å². The van der Waals surface area contributed by atoms with Gasteiger partial charge in [-0.25, -0.2) is 9.18 Å². The second-order valence-corrected chi connectivity index (χ2v) is 8.20. The highest BCUT2D eigenvalue weighted by Gasteiger charge is 2.36. The van der Waals surface area contributed by atoms with Crippen LogP contribution in [0.4, 0.5) is 9.39 Å². The van der Waals surface area contributed by atoms with Gasteiger partial charge in [0.05, 0.1) is 18.4 Å². The van der Waals surface area contributed by atoms with Gasteiger partial charge in [0, 0.05) is 10.9 Å². The summed E-state index contributed by atoms with van der Waals surface area (Å²) in [5.41, 5.74) is 1.36. The van der Waals surface area contributed by atoms with Gasteiger partial charge < -0.3 is 15.2 Å². The Morgan fingerprint density at radius 2 is 1.83 bits per heavy atom. The molecule has 0 bridgehead atoms. The molecule has 1 fully saturated rings. The number of hydrogen-bond acceptors (Lipinski definition) is 5. The number of nitrogens with one attached hydrogen (secondary N) is 1. The lowest BCUT2D eigenvalue weighted by atomic mass is 9.79. The van der Waals surface area contributed by atoms with E-state index in [9.17, 15) is 23.9 Å². The quantitative estimate of drug-likeness (QED) is 0.603. The van der Waals surface area contributed by atoms with Gasteiger partial charge in [-0.2, -0.15) is 0 Å². The molecule has 3 rings (SSSR count). The number of halogens is 1. The molecule has 1 heterocycles. The summed E-state index contributed by atoms with van der Waals surface area (Å²) >= 11 is 1.16. The number of carboxylic acid groups (broad SMARTS) is 1. The summed E-state index contributed by atoms with van der Waals surface area (Å²) in [6, 6.07) is 5.71. The van der Waals surface area contributed by atoms with Crippen molar-refractivity contribution in [3.8, 4) is 11.1 Å². The lowest BCUT2D eigenvalue weighted by Crippen LogP contribution is -2.36. The highest BCUT2D eigenvalue weighted by atomic mass is 32.1. The average Bonchev–Trinajstić information content (AvgIpc) is 3.16. The molecule has 0 saturated heterocycles. The number of rotatable bonds is 7. The maximum Gasteiger partial charge on any atom is 0.341 e. The number of esters is 1. The van der Waals surface area contributed by atoms with Crippen molar-refractivity contribution in [3.63, 3.8) is 0 Å². The maximum atomic E-state index is 13.3. The van der Waals surface area contributed by atoms with Gasteiger partial charge in [0.1, 0.15) is 16.4 Å². The molecule has 0 radical (unpaired) electrons. The number of carboxylic acids is 1. The van der Waals surface area contributed by atoms with Crippen molar-refractivity contribution in [1.29, 1.82) is 0 Å². The number of anilines is 1. The number of ether oxygens (including phenoxy) is 1. The Hall–Kier alpha value is -2.74. The molecule has 2 unspecified atom stereocenters. The van der Waals surface area contributed by atoms with E-state index in [-0.39, 0.29) is 12.2 Å². The lowest BCUT2D eigenvalue weighted by Gasteiger charge is -2.27. The Bertz CT molecular complexity index is 924.